The van der Waals surface area contributed by atoms with E-state index in [0.717, 1.165) is 23.9 Å². The maximum atomic E-state index is 12.3. The maximum absolute atomic E-state index is 12.3. The number of aldehydes is 1. The zero-order valence-corrected chi connectivity index (χ0v) is 13.3. The summed E-state index contributed by atoms with van der Waals surface area (Å²) in [5.74, 6) is 0.889. The lowest BCUT2D eigenvalue weighted by Gasteiger charge is -2.27. The number of carbonyl (C=O) groups excluding carboxylic acids is 2. The maximum Gasteiger partial charge on any atom is 0.250 e. The zero-order chi connectivity index (χ0) is 15.3. The monoisotopic (exact) mass is 277 g/mol. The standard InChI is InChI=1S/C17H27NO2/c1-6-7-15-9-18(17(20)14(15)5)10-16(8-12(2)3)13(4)11-19/h6-7,11-13,16H,8-10H2,1-5H3. The lowest BCUT2D eigenvalue weighted by Crippen LogP contribution is -2.35. The lowest BCUT2D eigenvalue weighted by atomic mass is 9.87. The molecule has 1 heterocycles. The molecule has 2 atom stereocenters. The average Bonchev–Trinajstić information content (AvgIpc) is 2.65. The van der Waals surface area contributed by atoms with Gasteiger partial charge in [-0.05, 0) is 37.7 Å². The number of nitrogens with zero attached hydrogens (tertiary/aromatic N) is 1. The Bertz CT molecular complexity index is 421. The first-order valence-electron chi connectivity index (χ1n) is 7.47. The molecule has 0 aliphatic carbocycles. The Kier molecular flexibility index (Phi) is 6.18. The van der Waals surface area contributed by atoms with Crippen molar-refractivity contribution >= 4 is 12.2 Å². The van der Waals surface area contributed by atoms with Crippen LogP contribution in [0.15, 0.2) is 23.3 Å². The second kappa shape index (κ2) is 7.41. The van der Waals surface area contributed by atoms with Gasteiger partial charge in [0.1, 0.15) is 6.29 Å². The average molecular weight is 277 g/mol. The molecule has 20 heavy (non-hydrogen) atoms. The van der Waals surface area contributed by atoms with Crippen LogP contribution in [0.2, 0.25) is 0 Å². The van der Waals surface area contributed by atoms with E-state index in [9.17, 15) is 9.59 Å². The molecule has 0 spiro atoms. The minimum Gasteiger partial charge on any atom is -0.334 e. The highest BCUT2D eigenvalue weighted by atomic mass is 16.2. The van der Waals surface area contributed by atoms with E-state index in [2.05, 4.69) is 13.8 Å². The Morgan fingerprint density at radius 2 is 1.95 bits per heavy atom. The van der Waals surface area contributed by atoms with Gasteiger partial charge in [-0.25, -0.2) is 0 Å². The SMILES string of the molecule is CC=CC1=C(C)C(=O)N(CC(CC(C)C)C(C)C=O)C1. The molecule has 0 fully saturated rings. The molecular weight excluding hydrogens is 250 g/mol. The van der Waals surface area contributed by atoms with Crippen molar-refractivity contribution in [1.82, 2.24) is 4.90 Å². The normalized spacial score (nSPS) is 19.3. The summed E-state index contributed by atoms with van der Waals surface area (Å²) in [5.41, 5.74) is 1.93. The molecule has 2 unspecified atom stereocenters. The summed E-state index contributed by atoms with van der Waals surface area (Å²) in [5, 5.41) is 0. The highest BCUT2D eigenvalue weighted by Crippen LogP contribution is 2.26. The first kappa shape index (κ1) is 16.7. The minimum absolute atomic E-state index is 0.00345. The Hall–Kier alpha value is -1.38. The van der Waals surface area contributed by atoms with Crippen LogP contribution in [0.1, 0.15) is 41.0 Å². The van der Waals surface area contributed by atoms with Crippen LogP contribution >= 0.6 is 0 Å². The zero-order valence-electron chi connectivity index (χ0n) is 13.3. The van der Waals surface area contributed by atoms with Crippen molar-refractivity contribution in [2.75, 3.05) is 13.1 Å². The third-order valence-electron chi connectivity index (χ3n) is 4.01. The number of amides is 1. The largest absolute Gasteiger partial charge is 0.334 e. The van der Waals surface area contributed by atoms with Crippen LogP contribution in [0.25, 0.3) is 0 Å². The molecule has 0 N–H and O–H groups in total. The molecular formula is C17H27NO2. The summed E-state index contributed by atoms with van der Waals surface area (Å²) in [6.07, 6.45) is 5.96. The van der Waals surface area contributed by atoms with Gasteiger partial charge in [-0.3, -0.25) is 4.79 Å². The van der Waals surface area contributed by atoms with Gasteiger partial charge in [0.05, 0.1) is 0 Å². The number of hydrogen-bond acceptors (Lipinski definition) is 2. The topological polar surface area (TPSA) is 37.4 Å². The van der Waals surface area contributed by atoms with Gasteiger partial charge >= 0.3 is 0 Å². The molecule has 1 rings (SSSR count). The lowest BCUT2D eigenvalue weighted by molar-refractivity contribution is -0.127. The Labute approximate surface area is 122 Å². The molecule has 112 valence electrons. The van der Waals surface area contributed by atoms with E-state index in [0.29, 0.717) is 19.0 Å². The van der Waals surface area contributed by atoms with Crippen LogP contribution < -0.4 is 0 Å². The number of carbonyl (C=O) groups is 2. The second-order valence-electron chi connectivity index (χ2n) is 6.22. The molecule has 0 aromatic rings. The highest BCUT2D eigenvalue weighted by Gasteiger charge is 2.29. The van der Waals surface area contributed by atoms with Gasteiger partial charge in [0, 0.05) is 24.6 Å². The van der Waals surface area contributed by atoms with E-state index in [4.69, 9.17) is 0 Å². The fraction of sp³-hybridized carbons (Fsp3) is 0.647. The fourth-order valence-corrected chi connectivity index (χ4v) is 2.75. The Morgan fingerprint density at radius 3 is 2.45 bits per heavy atom. The van der Waals surface area contributed by atoms with Crippen LogP contribution in [0.3, 0.4) is 0 Å². The first-order valence-corrected chi connectivity index (χ1v) is 7.47. The number of allylic oxidation sites excluding steroid dienone is 1. The van der Waals surface area contributed by atoms with E-state index in [1.807, 2.05) is 37.8 Å². The van der Waals surface area contributed by atoms with E-state index < -0.39 is 0 Å². The molecule has 1 aliphatic heterocycles. The molecule has 3 nitrogen and oxygen atoms in total. The summed E-state index contributed by atoms with van der Waals surface area (Å²) in [6.45, 7) is 11.5. The van der Waals surface area contributed by atoms with Crippen LogP contribution in [0, 0.1) is 17.8 Å². The third-order valence-corrected chi connectivity index (χ3v) is 4.01. The molecule has 0 saturated heterocycles. The Balaban J connectivity index is 2.76. The van der Waals surface area contributed by atoms with Crippen molar-refractivity contribution in [2.45, 2.75) is 41.0 Å². The van der Waals surface area contributed by atoms with Crippen LogP contribution in [-0.4, -0.2) is 30.2 Å². The smallest absolute Gasteiger partial charge is 0.250 e. The summed E-state index contributed by atoms with van der Waals surface area (Å²) in [6, 6.07) is 0. The predicted molar refractivity (Wildman–Crippen MR) is 82.3 cm³/mol. The summed E-state index contributed by atoms with van der Waals surface area (Å²) in [4.78, 5) is 25.2. The van der Waals surface area contributed by atoms with Gasteiger partial charge in [-0.15, -0.1) is 0 Å². The Morgan fingerprint density at radius 1 is 1.30 bits per heavy atom. The molecule has 0 saturated carbocycles. The minimum atomic E-state index is -0.00345. The number of hydrogen-bond donors (Lipinski definition) is 0. The molecule has 1 amide bonds. The van der Waals surface area contributed by atoms with Crippen molar-refractivity contribution < 1.29 is 9.59 Å². The van der Waals surface area contributed by atoms with Gasteiger partial charge in [0.25, 0.3) is 0 Å². The fourth-order valence-electron chi connectivity index (χ4n) is 2.75. The summed E-state index contributed by atoms with van der Waals surface area (Å²) in [7, 11) is 0. The van der Waals surface area contributed by atoms with Gasteiger partial charge in [-0.2, -0.15) is 0 Å². The van der Waals surface area contributed by atoms with E-state index >= 15 is 0 Å². The van der Waals surface area contributed by atoms with Crippen LogP contribution in [-0.2, 0) is 9.59 Å². The van der Waals surface area contributed by atoms with E-state index in [1.165, 1.54) is 0 Å². The van der Waals surface area contributed by atoms with Crippen LogP contribution in [0.5, 0.6) is 0 Å². The van der Waals surface area contributed by atoms with Crippen molar-refractivity contribution in [3.63, 3.8) is 0 Å². The van der Waals surface area contributed by atoms with Gasteiger partial charge in [0.2, 0.25) is 5.91 Å². The molecule has 0 aromatic carbocycles. The summed E-state index contributed by atoms with van der Waals surface area (Å²) < 4.78 is 0. The molecule has 3 heteroatoms. The van der Waals surface area contributed by atoms with E-state index in [-0.39, 0.29) is 17.7 Å². The molecule has 1 aliphatic rings. The first-order chi connectivity index (χ1) is 9.40. The van der Waals surface area contributed by atoms with E-state index in [1.54, 1.807) is 0 Å². The number of rotatable bonds is 7. The molecule has 0 bridgehead atoms. The molecule has 0 radical (unpaired) electrons. The van der Waals surface area contributed by atoms with Crippen molar-refractivity contribution in [3.05, 3.63) is 23.3 Å². The quantitative estimate of drug-likeness (QED) is 0.670. The summed E-state index contributed by atoms with van der Waals surface area (Å²) >= 11 is 0. The van der Waals surface area contributed by atoms with Crippen molar-refractivity contribution in [1.29, 1.82) is 0 Å². The van der Waals surface area contributed by atoms with Gasteiger partial charge in [0.15, 0.2) is 0 Å². The van der Waals surface area contributed by atoms with Gasteiger partial charge < -0.3 is 9.69 Å². The second-order valence-corrected chi connectivity index (χ2v) is 6.22. The van der Waals surface area contributed by atoms with Gasteiger partial charge in [-0.1, -0.05) is 32.9 Å². The third kappa shape index (κ3) is 4.06. The van der Waals surface area contributed by atoms with Crippen molar-refractivity contribution in [3.8, 4) is 0 Å². The van der Waals surface area contributed by atoms with Crippen molar-refractivity contribution in [2.24, 2.45) is 17.8 Å². The molecule has 0 aromatic heterocycles. The predicted octanol–water partition coefficient (Wildman–Crippen LogP) is 3.22. The highest BCUT2D eigenvalue weighted by molar-refractivity contribution is 5.97. The van der Waals surface area contributed by atoms with Crippen LogP contribution in [0.4, 0.5) is 0 Å².